The highest BCUT2D eigenvalue weighted by molar-refractivity contribution is 5.13. The van der Waals surface area contributed by atoms with Crippen LogP contribution in [-0.2, 0) is 16.1 Å². The van der Waals surface area contributed by atoms with Crippen LogP contribution in [0.3, 0.4) is 0 Å². The molecule has 1 N–H and O–H groups in total. The largest absolute Gasteiger partial charge is 0.391 e. The zero-order valence-corrected chi connectivity index (χ0v) is 9.22. The number of aliphatic hydroxyl groups is 1. The van der Waals surface area contributed by atoms with Gasteiger partial charge in [0, 0.05) is 0 Å². The van der Waals surface area contributed by atoms with Gasteiger partial charge in [-0.15, -0.1) is 0 Å². The third-order valence-electron chi connectivity index (χ3n) is 2.21. The zero-order chi connectivity index (χ0) is 11.1. The number of benzene rings is 1. The first-order valence-electron chi connectivity index (χ1n) is 5.11. The SMILES string of the molecule is C[C@H](O)[C@@H](C)OCOCc1ccccc1. The molecule has 0 unspecified atom stereocenters. The lowest BCUT2D eigenvalue weighted by Gasteiger charge is -2.15. The zero-order valence-electron chi connectivity index (χ0n) is 9.22. The molecule has 0 spiro atoms. The smallest absolute Gasteiger partial charge is 0.147 e. The van der Waals surface area contributed by atoms with E-state index in [1.807, 2.05) is 37.3 Å². The van der Waals surface area contributed by atoms with Crippen molar-refractivity contribution in [1.82, 2.24) is 0 Å². The summed E-state index contributed by atoms with van der Waals surface area (Å²) in [6.07, 6.45) is -0.661. The van der Waals surface area contributed by atoms with Crippen LogP contribution in [0, 0.1) is 0 Å². The van der Waals surface area contributed by atoms with Crippen molar-refractivity contribution in [3.8, 4) is 0 Å². The first kappa shape index (κ1) is 12.2. The Morgan fingerprint density at radius 2 is 1.87 bits per heavy atom. The normalized spacial score (nSPS) is 14.9. The van der Waals surface area contributed by atoms with Gasteiger partial charge in [0.1, 0.15) is 6.79 Å². The molecule has 3 heteroatoms. The highest BCUT2D eigenvalue weighted by Crippen LogP contribution is 2.02. The molecule has 15 heavy (non-hydrogen) atoms. The van der Waals surface area contributed by atoms with Gasteiger partial charge in [-0.05, 0) is 19.4 Å². The van der Waals surface area contributed by atoms with Crippen molar-refractivity contribution in [2.75, 3.05) is 6.79 Å². The fourth-order valence-electron chi connectivity index (χ4n) is 1.03. The number of ether oxygens (including phenoxy) is 2. The quantitative estimate of drug-likeness (QED) is 0.576. The summed E-state index contributed by atoms with van der Waals surface area (Å²) in [6.45, 7) is 4.26. The van der Waals surface area contributed by atoms with Crippen molar-refractivity contribution in [1.29, 1.82) is 0 Å². The predicted molar refractivity (Wildman–Crippen MR) is 58.3 cm³/mol. The Morgan fingerprint density at radius 1 is 1.20 bits per heavy atom. The van der Waals surface area contributed by atoms with Gasteiger partial charge in [0.15, 0.2) is 0 Å². The Bertz CT molecular complexity index is 259. The van der Waals surface area contributed by atoms with E-state index in [0.717, 1.165) is 5.56 Å². The minimum atomic E-state index is -0.467. The molecule has 0 fully saturated rings. The van der Waals surface area contributed by atoms with Crippen LogP contribution < -0.4 is 0 Å². The molecular formula is C12H18O3. The van der Waals surface area contributed by atoms with E-state index >= 15 is 0 Å². The third kappa shape index (κ3) is 4.93. The Balaban J connectivity index is 2.12. The van der Waals surface area contributed by atoms with Crippen LogP contribution in [-0.4, -0.2) is 24.1 Å². The van der Waals surface area contributed by atoms with Gasteiger partial charge in [-0.3, -0.25) is 0 Å². The summed E-state index contributed by atoms with van der Waals surface area (Å²) >= 11 is 0. The fourth-order valence-corrected chi connectivity index (χ4v) is 1.03. The maximum Gasteiger partial charge on any atom is 0.147 e. The Labute approximate surface area is 90.6 Å². The molecule has 0 aliphatic rings. The number of aliphatic hydroxyl groups excluding tert-OH is 1. The lowest BCUT2D eigenvalue weighted by atomic mass is 10.2. The molecule has 1 rings (SSSR count). The summed E-state index contributed by atoms with van der Waals surface area (Å²) in [5.74, 6) is 0. The minimum Gasteiger partial charge on any atom is -0.391 e. The average molecular weight is 210 g/mol. The molecule has 0 radical (unpaired) electrons. The van der Waals surface area contributed by atoms with Crippen LogP contribution in [0.25, 0.3) is 0 Å². The average Bonchev–Trinajstić information content (AvgIpc) is 2.25. The van der Waals surface area contributed by atoms with E-state index in [-0.39, 0.29) is 12.9 Å². The van der Waals surface area contributed by atoms with Crippen molar-refractivity contribution >= 4 is 0 Å². The number of hydrogen-bond donors (Lipinski definition) is 1. The van der Waals surface area contributed by atoms with Crippen LogP contribution in [0.1, 0.15) is 19.4 Å². The van der Waals surface area contributed by atoms with Gasteiger partial charge in [0.25, 0.3) is 0 Å². The molecule has 0 aliphatic heterocycles. The molecule has 0 bridgehead atoms. The number of rotatable bonds is 6. The Kier molecular flexibility index (Phi) is 5.32. The lowest BCUT2D eigenvalue weighted by molar-refractivity contribution is -0.119. The summed E-state index contributed by atoms with van der Waals surface area (Å²) in [7, 11) is 0. The van der Waals surface area contributed by atoms with Gasteiger partial charge >= 0.3 is 0 Å². The standard InChI is InChI=1S/C12H18O3/c1-10(13)11(2)15-9-14-8-12-6-4-3-5-7-12/h3-7,10-11,13H,8-9H2,1-2H3/t10-,11+/m0/s1. The number of hydrogen-bond acceptors (Lipinski definition) is 3. The minimum absolute atomic E-state index is 0.194. The van der Waals surface area contributed by atoms with Gasteiger partial charge in [-0.2, -0.15) is 0 Å². The highest BCUT2D eigenvalue weighted by Gasteiger charge is 2.07. The Morgan fingerprint density at radius 3 is 2.47 bits per heavy atom. The van der Waals surface area contributed by atoms with E-state index in [4.69, 9.17) is 14.6 Å². The van der Waals surface area contributed by atoms with Crippen molar-refractivity contribution < 1.29 is 14.6 Å². The summed E-state index contributed by atoms with van der Waals surface area (Å²) in [4.78, 5) is 0. The van der Waals surface area contributed by atoms with Crippen molar-refractivity contribution in [3.05, 3.63) is 35.9 Å². The maximum atomic E-state index is 9.16. The van der Waals surface area contributed by atoms with E-state index in [9.17, 15) is 0 Å². The summed E-state index contributed by atoms with van der Waals surface area (Å²) in [5, 5.41) is 9.16. The molecule has 0 saturated heterocycles. The molecule has 1 aromatic rings. The lowest BCUT2D eigenvalue weighted by Crippen LogP contribution is -2.23. The summed E-state index contributed by atoms with van der Waals surface area (Å²) in [6, 6.07) is 9.90. The van der Waals surface area contributed by atoms with E-state index in [2.05, 4.69) is 0 Å². The summed E-state index contributed by atoms with van der Waals surface area (Å²) in [5.41, 5.74) is 1.12. The van der Waals surface area contributed by atoms with Gasteiger partial charge in [-0.1, -0.05) is 30.3 Å². The summed E-state index contributed by atoms with van der Waals surface area (Å²) < 4.78 is 10.6. The van der Waals surface area contributed by atoms with Crippen LogP contribution in [0.5, 0.6) is 0 Å². The van der Waals surface area contributed by atoms with Crippen LogP contribution >= 0.6 is 0 Å². The third-order valence-corrected chi connectivity index (χ3v) is 2.21. The predicted octanol–water partition coefficient (Wildman–Crippen LogP) is 1.95. The molecule has 0 heterocycles. The molecule has 0 aliphatic carbocycles. The molecule has 0 aromatic heterocycles. The molecule has 0 amide bonds. The molecule has 3 nitrogen and oxygen atoms in total. The van der Waals surface area contributed by atoms with Crippen LogP contribution in [0.2, 0.25) is 0 Å². The van der Waals surface area contributed by atoms with Crippen molar-refractivity contribution in [2.24, 2.45) is 0 Å². The van der Waals surface area contributed by atoms with Crippen LogP contribution in [0.15, 0.2) is 30.3 Å². The van der Waals surface area contributed by atoms with Gasteiger partial charge in [0.05, 0.1) is 18.8 Å². The van der Waals surface area contributed by atoms with Crippen molar-refractivity contribution in [2.45, 2.75) is 32.7 Å². The van der Waals surface area contributed by atoms with Gasteiger partial charge in [-0.25, -0.2) is 0 Å². The second-order valence-corrected chi connectivity index (χ2v) is 3.56. The fraction of sp³-hybridized carbons (Fsp3) is 0.500. The molecule has 0 saturated carbocycles. The Hall–Kier alpha value is -0.900. The first-order chi connectivity index (χ1) is 7.20. The second-order valence-electron chi connectivity index (χ2n) is 3.56. The van der Waals surface area contributed by atoms with Gasteiger partial charge < -0.3 is 14.6 Å². The highest BCUT2D eigenvalue weighted by atomic mass is 16.7. The van der Waals surface area contributed by atoms with Gasteiger partial charge in [0.2, 0.25) is 0 Å². The molecule has 2 atom stereocenters. The topological polar surface area (TPSA) is 38.7 Å². The van der Waals surface area contributed by atoms with Crippen molar-refractivity contribution in [3.63, 3.8) is 0 Å². The van der Waals surface area contributed by atoms with E-state index < -0.39 is 6.10 Å². The van der Waals surface area contributed by atoms with Crippen LogP contribution in [0.4, 0.5) is 0 Å². The monoisotopic (exact) mass is 210 g/mol. The van der Waals surface area contributed by atoms with E-state index in [1.165, 1.54) is 0 Å². The molecule has 84 valence electrons. The van der Waals surface area contributed by atoms with E-state index in [1.54, 1.807) is 6.92 Å². The second kappa shape index (κ2) is 6.56. The molecule has 1 aromatic carbocycles. The first-order valence-corrected chi connectivity index (χ1v) is 5.11. The maximum absolute atomic E-state index is 9.16. The molecular weight excluding hydrogens is 192 g/mol. The van der Waals surface area contributed by atoms with E-state index in [0.29, 0.717) is 6.61 Å².